The molecule has 8 heteroatoms. The number of rotatable bonds is 3. The number of carbonyl (C=O) groups excluding carboxylic acids is 1. The van der Waals surface area contributed by atoms with Crippen LogP contribution in [0.2, 0.25) is 0 Å². The number of morpholine rings is 1. The van der Waals surface area contributed by atoms with Gasteiger partial charge in [0.25, 0.3) is 5.91 Å². The average Bonchev–Trinajstić information content (AvgIpc) is 3.10. The van der Waals surface area contributed by atoms with Crippen LogP contribution in [0.5, 0.6) is 0 Å². The van der Waals surface area contributed by atoms with E-state index >= 15 is 0 Å². The first-order chi connectivity index (χ1) is 9.70. The van der Waals surface area contributed by atoms with E-state index in [0.29, 0.717) is 24.9 Å². The average molecular weight is 317 g/mol. The highest BCUT2D eigenvalue weighted by molar-refractivity contribution is 5.85. The first-order valence-corrected chi connectivity index (χ1v) is 7.15. The summed E-state index contributed by atoms with van der Waals surface area (Å²) >= 11 is 0. The van der Waals surface area contributed by atoms with E-state index in [2.05, 4.69) is 20.8 Å². The van der Waals surface area contributed by atoms with Gasteiger partial charge in [0.2, 0.25) is 5.89 Å². The smallest absolute Gasteiger partial charge is 0.251 e. The van der Waals surface area contributed by atoms with Gasteiger partial charge in [-0.15, -0.1) is 12.4 Å². The van der Waals surface area contributed by atoms with Gasteiger partial charge < -0.3 is 19.9 Å². The molecule has 1 aliphatic heterocycles. The largest absolute Gasteiger partial charge is 0.366 e. The molecule has 0 spiro atoms. The lowest BCUT2D eigenvalue weighted by Crippen LogP contribution is -2.53. The zero-order valence-corrected chi connectivity index (χ0v) is 12.9. The van der Waals surface area contributed by atoms with Crippen molar-refractivity contribution in [3.05, 3.63) is 11.7 Å². The van der Waals surface area contributed by atoms with E-state index in [4.69, 9.17) is 9.26 Å². The van der Waals surface area contributed by atoms with E-state index in [0.717, 1.165) is 32.2 Å². The third-order valence-corrected chi connectivity index (χ3v) is 4.00. The standard InChI is InChI=1S/C13H20N4O3.ClH/c1-9-15-12(17-20-9)13(4-2-3-5-13)16-11(18)10-8-14-6-7-19-10;/h10,14H,2-8H2,1H3,(H,16,18);1H. The van der Waals surface area contributed by atoms with Crippen molar-refractivity contribution in [1.82, 2.24) is 20.8 Å². The van der Waals surface area contributed by atoms with Gasteiger partial charge >= 0.3 is 0 Å². The summed E-state index contributed by atoms with van der Waals surface area (Å²) in [5, 5.41) is 10.3. The molecule has 1 aliphatic carbocycles. The second-order valence-electron chi connectivity index (χ2n) is 5.48. The monoisotopic (exact) mass is 316 g/mol. The number of aryl methyl sites for hydroxylation is 1. The molecule has 2 fully saturated rings. The van der Waals surface area contributed by atoms with Gasteiger partial charge in [-0.05, 0) is 12.8 Å². The van der Waals surface area contributed by atoms with Crippen LogP contribution in [0.3, 0.4) is 0 Å². The topological polar surface area (TPSA) is 89.3 Å². The van der Waals surface area contributed by atoms with E-state index in [9.17, 15) is 4.79 Å². The van der Waals surface area contributed by atoms with Crippen molar-refractivity contribution in [2.45, 2.75) is 44.2 Å². The van der Waals surface area contributed by atoms with E-state index in [-0.39, 0.29) is 18.3 Å². The van der Waals surface area contributed by atoms with Gasteiger partial charge in [0.1, 0.15) is 11.6 Å². The highest BCUT2D eigenvalue weighted by Crippen LogP contribution is 2.37. The Morgan fingerprint density at radius 1 is 1.43 bits per heavy atom. The summed E-state index contributed by atoms with van der Waals surface area (Å²) in [6, 6.07) is 0. The van der Waals surface area contributed by atoms with Crippen LogP contribution in [0.4, 0.5) is 0 Å². The molecule has 1 atom stereocenters. The third-order valence-electron chi connectivity index (χ3n) is 4.00. The summed E-state index contributed by atoms with van der Waals surface area (Å²) in [6.45, 7) is 3.66. The number of nitrogens with zero attached hydrogens (tertiary/aromatic N) is 2. The molecule has 0 radical (unpaired) electrons. The van der Waals surface area contributed by atoms with E-state index in [1.807, 2.05) is 0 Å². The van der Waals surface area contributed by atoms with Crippen molar-refractivity contribution in [2.75, 3.05) is 19.7 Å². The number of carbonyl (C=O) groups is 1. The summed E-state index contributed by atoms with van der Waals surface area (Å²) in [5.74, 6) is 1.02. The minimum Gasteiger partial charge on any atom is -0.366 e. The zero-order chi connectivity index (χ0) is 14.0. The fraction of sp³-hybridized carbons (Fsp3) is 0.769. The van der Waals surface area contributed by atoms with Crippen LogP contribution in [-0.2, 0) is 15.1 Å². The Balaban J connectivity index is 0.00000161. The second-order valence-corrected chi connectivity index (χ2v) is 5.48. The SMILES string of the molecule is Cc1nc(C2(NC(=O)C3CNCCO3)CCCC2)no1.Cl. The Labute approximate surface area is 129 Å². The molecule has 1 unspecified atom stereocenters. The Morgan fingerprint density at radius 3 is 2.76 bits per heavy atom. The maximum Gasteiger partial charge on any atom is 0.251 e. The van der Waals surface area contributed by atoms with Crippen molar-refractivity contribution in [2.24, 2.45) is 0 Å². The fourth-order valence-corrected chi connectivity index (χ4v) is 2.93. The molecule has 1 saturated carbocycles. The lowest BCUT2D eigenvalue weighted by Gasteiger charge is -2.30. The number of hydrogen-bond donors (Lipinski definition) is 2. The van der Waals surface area contributed by atoms with Gasteiger partial charge in [0.15, 0.2) is 5.82 Å². The molecule has 1 saturated heterocycles. The maximum absolute atomic E-state index is 12.4. The van der Waals surface area contributed by atoms with Gasteiger partial charge in [-0.2, -0.15) is 4.98 Å². The molecule has 0 aromatic carbocycles. The van der Waals surface area contributed by atoms with Crippen molar-refractivity contribution in [3.8, 4) is 0 Å². The van der Waals surface area contributed by atoms with E-state index in [1.165, 1.54) is 0 Å². The van der Waals surface area contributed by atoms with Crippen molar-refractivity contribution in [3.63, 3.8) is 0 Å². The Hall–Kier alpha value is -1.18. The maximum atomic E-state index is 12.4. The molecular formula is C13H21ClN4O3. The lowest BCUT2D eigenvalue weighted by atomic mass is 9.96. The normalized spacial score (nSPS) is 24.3. The Morgan fingerprint density at radius 2 is 2.19 bits per heavy atom. The number of nitrogens with one attached hydrogen (secondary N) is 2. The molecule has 1 amide bonds. The first kappa shape index (κ1) is 16.2. The summed E-state index contributed by atoms with van der Waals surface area (Å²) in [6.07, 6.45) is 3.36. The molecule has 2 heterocycles. The molecular weight excluding hydrogens is 296 g/mol. The van der Waals surface area contributed by atoms with Crippen molar-refractivity contribution in [1.29, 1.82) is 0 Å². The van der Waals surface area contributed by atoms with Crippen LogP contribution < -0.4 is 10.6 Å². The number of aromatic nitrogens is 2. The van der Waals surface area contributed by atoms with Crippen LogP contribution in [0.25, 0.3) is 0 Å². The quantitative estimate of drug-likeness (QED) is 0.852. The molecule has 1 aromatic heterocycles. The number of halogens is 1. The van der Waals surface area contributed by atoms with Gasteiger partial charge in [0, 0.05) is 20.0 Å². The summed E-state index contributed by atoms with van der Waals surface area (Å²) < 4.78 is 10.6. The number of hydrogen-bond acceptors (Lipinski definition) is 6. The fourth-order valence-electron chi connectivity index (χ4n) is 2.93. The zero-order valence-electron chi connectivity index (χ0n) is 12.1. The first-order valence-electron chi connectivity index (χ1n) is 7.15. The minimum absolute atomic E-state index is 0. The predicted octanol–water partition coefficient (Wildman–Crippen LogP) is 0.674. The minimum atomic E-state index is -0.490. The van der Waals surface area contributed by atoms with Crippen molar-refractivity contribution >= 4 is 18.3 Å². The molecule has 7 nitrogen and oxygen atoms in total. The van der Waals surface area contributed by atoms with Crippen LogP contribution in [-0.4, -0.2) is 41.8 Å². The van der Waals surface area contributed by atoms with Crippen LogP contribution in [0, 0.1) is 6.92 Å². The van der Waals surface area contributed by atoms with Gasteiger partial charge in [0.05, 0.1) is 6.61 Å². The molecule has 21 heavy (non-hydrogen) atoms. The molecule has 2 N–H and O–H groups in total. The molecule has 1 aromatic rings. The third kappa shape index (κ3) is 3.36. The number of ether oxygens (including phenoxy) is 1. The Kier molecular flexibility index (Phi) is 5.18. The summed E-state index contributed by atoms with van der Waals surface area (Å²) in [5.41, 5.74) is -0.490. The Bertz CT molecular complexity index is 482. The van der Waals surface area contributed by atoms with Crippen LogP contribution in [0.1, 0.15) is 37.4 Å². The van der Waals surface area contributed by atoms with Gasteiger partial charge in [-0.1, -0.05) is 18.0 Å². The lowest BCUT2D eigenvalue weighted by molar-refractivity contribution is -0.136. The predicted molar refractivity (Wildman–Crippen MR) is 77.2 cm³/mol. The van der Waals surface area contributed by atoms with Crippen LogP contribution >= 0.6 is 12.4 Å². The van der Waals surface area contributed by atoms with Gasteiger partial charge in [-0.3, -0.25) is 4.79 Å². The summed E-state index contributed by atoms with van der Waals surface area (Å²) in [4.78, 5) is 16.7. The highest BCUT2D eigenvalue weighted by Gasteiger charge is 2.42. The van der Waals surface area contributed by atoms with E-state index < -0.39 is 11.6 Å². The highest BCUT2D eigenvalue weighted by atomic mass is 35.5. The summed E-state index contributed by atoms with van der Waals surface area (Å²) in [7, 11) is 0. The van der Waals surface area contributed by atoms with Crippen LogP contribution in [0.15, 0.2) is 4.52 Å². The molecule has 118 valence electrons. The van der Waals surface area contributed by atoms with E-state index in [1.54, 1.807) is 6.92 Å². The van der Waals surface area contributed by atoms with Crippen molar-refractivity contribution < 1.29 is 14.1 Å². The molecule has 2 aliphatic rings. The number of amides is 1. The van der Waals surface area contributed by atoms with Gasteiger partial charge in [-0.25, -0.2) is 0 Å². The molecule has 3 rings (SSSR count). The molecule has 0 bridgehead atoms. The second kappa shape index (κ2) is 6.72.